The first-order chi connectivity index (χ1) is 17.5. The average Bonchev–Trinajstić information content (AvgIpc) is 3.46. The summed E-state index contributed by atoms with van der Waals surface area (Å²) in [5.41, 5.74) is 6.47. The van der Waals surface area contributed by atoms with Crippen molar-refractivity contribution >= 4 is 61.3 Å². The van der Waals surface area contributed by atoms with Crippen LogP contribution in [0.1, 0.15) is 19.4 Å². The zero-order valence-electron chi connectivity index (χ0n) is 20.1. The van der Waals surface area contributed by atoms with E-state index in [1.807, 2.05) is 42.6 Å². The van der Waals surface area contributed by atoms with E-state index >= 15 is 0 Å². The third-order valence-electron chi connectivity index (χ3n) is 6.18. The van der Waals surface area contributed by atoms with Crippen LogP contribution >= 0.6 is 0 Å². The molecule has 1 N–H and O–H groups in total. The number of pyridine rings is 1. The Bertz CT molecular complexity index is 1900. The van der Waals surface area contributed by atoms with Crippen molar-refractivity contribution in [3.63, 3.8) is 0 Å². The van der Waals surface area contributed by atoms with Gasteiger partial charge in [-0.3, -0.25) is 14.8 Å². The van der Waals surface area contributed by atoms with Gasteiger partial charge >= 0.3 is 0 Å². The molecular weight excluding hydrogens is 641 g/mol. The fraction of sp³-hybridized carbons (Fsp3) is 0.0645. The van der Waals surface area contributed by atoms with E-state index in [2.05, 4.69) is 47.5 Å². The molecule has 1 radical (unpaired) electrons. The molecule has 183 valence electrons. The van der Waals surface area contributed by atoms with Gasteiger partial charge in [0.15, 0.2) is 5.78 Å². The van der Waals surface area contributed by atoms with E-state index in [4.69, 9.17) is 14.5 Å². The van der Waals surface area contributed by atoms with Crippen molar-refractivity contribution in [3.05, 3.63) is 96.3 Å². The SMILES string of the molecule is CC(=O)/C=C(/C)O.[Ir].[c-]1ccc2c(oc3c4c5c(cccc5cc32)N=C4)c1-c1ccc2ccccc2n1. The first-order valence-electron chi connectivity index (χ1n) is 11.6. The second-order valence-corrected chi connectivity index (χ2v) is 8.78. The number of aliphatic hydroxyl groups excluding tert-OH is 1. The molecule has 0 aliphatic carbocycles. The van der Waals surface area contributed by atoms with E-state index in [0.717, 1.165) is 60.7 Å². The number of allylic oxidation sites excluding steroid dienone is 2. The summed E-state index contributed by atoms with van der Waals surface area (Å²) in [7, 11) is 0. The van der Waals surface area contributed by atoms with Gasteiger partial charge in [-0.25, -0.2) is 0 Å². The van der Waals surface area contributed by atoms with Gasteiger partial charge in [-0.2, -0.15) is 0 Å². The summed E-state index contributed by atoms with van der Waals surface area (Å²) in [5.74, 6) is -0.0625. The molecule has 4 aromatic carbocycles. The van der Waals surface area contributed by atoms with Crippen LogP contribution in [-0.4, -0.2) is 22.1 Å². The number of nitrogens with zero attached hydrogens (tertiary/aromatic N) is 2. The van der Waals surface area contributed by atoms with E-state index in [9.17, 15) is 4.79 Å². The zero-order valence-corrected chi connectivity index (χ0v) is 22.5. The van der Waals surface area contributed by atoms with Gasteiger partial charge in [-0.1, -0.05) is 53.4 Å². The normalized spacial score (nSPS) is 12.1. The zero-order chi connectivity index (χ0) is 24.8. The number of hydrogen-bond acceptors (Lipinski definition) is 5. The van der Waals surface area contributed by atoms with E-state index in [0.29, 0.717) is 0 Å². The topological polar surface area (TPSA) is 75.7 Å². The molecule has 6 aromatic rings. The van der Waals surface area contributed by atoms with Crippen LogP contribution in [0.2, 0.25) is 0 Å². The van der Waals surface area contributed by atoms with Crippen LogP contribution in [0.25, 0.3) is 54.9 Å². The molecule has 5 nitrogen and oxygen atoms in total. The van der Waals surface area contributed by atoms with Gasteiger partial charge in [0.05, 0.1) is 22.5 Å². The van der Waals surface area contributed by atoms with Crippen molar-refractivity contribution in [2.75, 3.05) is 0 Å². The molecule has 1 aliphatic heterocycles. The Morgan fingerprint density at radius 1 is 0.946 bits per heavy atom. The summed E-state index contributed by atoms with van der Waals surface area (Å²) < 4.78 is 6.45. The number of carbonyl (C=O) groups excluding carboxylic acids is 1. The van der Waals surface area contributed by atoms with Gasteiger partial charge in [0.1, 0.15) is 5.58 Å². The number of benzene rings is 4. The minimum absolute atomic E-state index is 0. The molecule has 0 amide bonds. The Morgan fingerprint density at radius 3 is 2.54 bits per heavy atom. The van der Waals surface area contributed by atoms with Gasteiger partial charge in [0.2, 0.25) is 0 Å². The van der Waals surface area contributed by atoms with Gasteiger partial charge in [-0.15, -0.1) is 18.2 Å². The predicted molar refractivity (Wildman–Crippen MR) is 145 cm³/mol. The molecule has 0 atom stereocenters. The minimum Gasteiger partial charge on any atom is -0.512 e. The van der Waals surface area contributed by atoms with Crippen molar-refractivity contribution < 1.29 is 34.4 Å². The number of aliphatic imine (C=N–C) groups is 1. The molecule has 0 bridgehead atoms. The van der Waals surface area contributed by atoms with Crippen molar-refractivity contribution in [2.45, 2.75) is 13.8 Å². The van der Waals surface area contributed by atoms with Crippen LogP contribution in [0, 0.1) is 6.07 Å². The van der Waals surface area contributed by atoms with E-state index in [1.54, 1.807) is 0 Å². The van der Waals surface area contributed by atoms with E-state index < -0.39 is 0 Å². The van der Waals surface area contributed by atoms with Crippen molar-refractivity contribution in [2.24, 2.45) is 4.99 Å². The molecular formula is C31H21IrN2O3-. The Balaban J connectivity index is 0.000000313. The molecule has 2 aromatic heterocycles. The molecule has 0 fully saturated rings. The molecule has 0 saturated carbocycles. The minimum atomic E-state index is -0.125. The fourth-order valence-corrected chi connectivity index (χ4v) is 4.72. The maximum absolute atomic E-state index is 10.0. The number of fused-ring (bicyclic) bond motifs is 5. The summed E-state index contributed by atoms with van der Waals surface area (Å²) in [5, 5.41) is 14.0. The monoisotopic (exact) mass is 662 g/mol. The summed E-state index contributed by atoms with van der Waals surface area (Å²) in [4.78, 5) is 19.4. The Morgan fingerprint density at radius 2 is 1.76 bits per heavy atom. The maximum Gasteiger partial charge on any atom is 0.155 e. The molecule has 1 aliphatic rings. The number of ketones is 1. The van der Waals surface area contributed by atoms with Gasteiger partial charge in [0.25, 0.3) is 0 Å². The first-order valence-corrected chi connectivity index (χ1v) is 11.6. The van der Waals surface area contributed by atoms with E-state index in [-0.39, 0.29) is 31.6 Å². The smallest absolute Gasteiger partial charge is 0.155 e. The van der Waals surface area contributed by atoms with Crippen LogP contribution in [0.15, 0.2) is 94.0 Å². The molecule has 37 heavy (non-hydrogen) atoms. The quantitative estimate of drug-likeness (QED) is 0.116. The van der Waals surface area contributed by atoms with Crippen LogP contribution in [0.3, 0.4) is 0 Å². The Kier molecular flexibility index (Phi) is 6.46. The molecule has 0 spiro atoms. The van der Waals surface area contributed by atoms with Crippen LogP contribution in [-0.2, 0) is 24.9 Å². The molecule has 0 saturated heterocycles. The third-order valence-corrected chi connectivity index (χ3v) is 6.18. The number of hydrogen-bond donors (Lipinski definition) is 1. The number of furan rings is 1. The summed E-state index contributed by atoms with van der Waals surface area (Å²) in [6.07, 6.45) is 3.08. The van der Waals surface area contributed by atoms with Gasteiger partial charge in [-0.05, 0) is 48.5 Å². The van der Waals surface area contributed by atoms with Gasteiger partial charge < -0.3 is 9.52 Å². The average molecular weight is 662 g/mol. The third kappa shape index (κ3) is 4.35. The van der Waals surface area contributed by atoms with E-state index in [1.165, 1.54) is 25.3 Å². The first kappa shape index (κ1) is 24.6. The summed E-state index contributed by atoms with van der Waals surface area (Å²) in [6, 6.07) is 28.1. The number of para-hydroxylation sites is 1. The summed E-state index contributed by atoms with van der Waals surface area (Å²) >= 11 is 0. The molecule has 0 unspecified atom stereocenters. The van der Waals surface area contributed by atoms with Crippen LogP contribution in [0.4, 0.5) is 5.69 Å². The second-order valence-electron chi connectivity index (χ2n) is 8.78. The number of rotatable bonds is 2. The molecule has 7 rings (SSSR count). The molecule has 3 heterocycles. The number of aromatic nitrogens is 1. The van der Waals surface area contributed by atoms with Crippen molar-refractivity contribution in [1.82, 2.24) is 4.98 Å². The van der Waals surface area contributed by atoms with Crippen LogP contribution < -0.4 is 0 Å². The van der Waals surface area contributed by atoms with Gasteiger partial charge in [0, 0.05) is 48.7 Å². The second kappa shape index (κ2) is 9.74. The summed E-state index contributed by atoms with van der Waals surface area (Å²) in [6.45, 7) is 2.85. The van der Waals surface area contributed by atoms with Crippen molar-refractivity contribution in [1.29, 1.82) is 0 Å². The Labute approximate surface area is 226 Å². The Hall–Kier alpha value is -4.12. The predicted octanol–water partition coefficient (Wildman–Crippen LogP) is 7.85. The fourth-order valence-electron chi connectivity index (χ4n) is 4.72. The maximum atomic E-state index is 10.0. The van der Waals surface area contributed by atoms with Crippen molar-refractivity contribution in [3.8, 4) is 11.3 Å². The largest absolute Gasteiger partial charge is 0.512 e. The number of carbonyl (C=O) groups is 1. The van der Waals surface area contributed by atoms with Crippen LogP contribution in [0.5, 0.6) is 0 Å². The molecule has 6 heteroatoms. The standard InChI is InChI=1S/C26H13N2O.C5H8O2.Ir/c1-2-9-21-15(5-1)11-12-22(28-21)18-8-4-7-17-19-13-16-6-3-10-23-24(16)20(14-27-23)26(19)29-25(17)18;1-4(6)3-5(2)7;/h1-7,9-14H;3,6H,1-2H3;/q-1;;/b;4-3-;. The number of aliphatic hydroxyl groups is 1.